The van der Waals surface area contributed by atoms with E-state index in [1.54, 1.807) is 12.1 Å². The maximum atomic E-state index is 12.1. The van der Waals surface area contributed by atoms with Gasteiger partial charge in [-0.25, -0.2) is 0 Å². The van der Waals surface area contributed by atoms with Crippen molar-refractivity contribution in [2.24, 2.45) is 20.5 Å². The molecule has 204 valence electrons. The average molecular weight is 790 g/mol. The van der Waals surface area contributed by atoms with Crippen LogP contribution in [0.25, 0.3) is 21.8 Å². The molecule has 0 atom stereocenters. The zero-order chi connectivity index (χ0) is 28.1. The number of amides is 2. The van der Waals surface area contributed by atoms with E-state index >= 15 is 0 Å². The molecule has 10 nitrogen and oxygen atoms in total. The number of fused-ring (bicyclic) bond motifs is 2. The molecule has 4 aromatic rings. The van der Waals surface area contributed by atoms with E-state index in [-0.39, 0.29) is 47.8 Å². The second-order valence-electron chi connectivity index (χ2n) is 8.72. The highest BCUT2D eigenvalue weighted by molar-refractivity contribution is 9.11. The van der Waals surface area contributed by atoms with Crippen molar-refractivity contribution in [3.8, 4) is 11.8 Å². The molecule has 14 heteroatoms. The SMILES string of the molecule is O=C(CCCCCCCC(=O)N=Nc1c(O)[nH]c2c(Br)cc(Br)cc12)N=Nc1c(O)[nH]c2c(Br)cc(Br)cc12. The Hall–Kier alpha value is -2.42. The number of H-pyrrole nitrogens is 2. The molecule has 2 aromatic carbocycles. The molecule has 39 heavy (non-hydrogen) atoms. The van der Waals surface area contributed by atoms with Gasteiger partial charge in [-0.1, -0.05) is 51.1 Å². The van der Waals surface area contributed by atoms with E-state index in [1.165, 1.54) is 0 Å². The summed E-state index contributed by atoms with van der Waals surface area (Å²) in [6, 6.07) is 7.23. The van der Waals surface area contributed by atoms with Crippen molar-refractivity contribution in [3.05, 3.63) is 42.2 Å². The van der Waals surface area contributed by atoms with Gasteiger partial charge in [0.25, 0.3) is 11.8 Å². The number of nitrogens with zero attached hydrogens (tertiary/aromatic N) is 4. The summed E-state index contributed by atoms with van der Waals surface area (Å²) in [4.78, 5) is 29.9. The molecule has 0 bridgehead atoms. The summed E-state index contributed by atoms with van der Waals surface area (Å²) >= 11 is 13.6. The summed E-state index contributed by atoms with van der Waals surface area (Å²) in [5.41, 5.74) is 1.75. The summed E-state index contributed by atoms with van der Waals surface area (Å²) in [5.74, 6) is -1.05. The second kappa shape index (κ2) is 13.3. The lowest BCUT2D eigenvalue weighted by Gasteiger charge is -1.99. The number of nitrogens with one attached hydrogen (secondary N) is 2. The largest absolute Gasteiger partial charge is 0.493 e. The maximum absolute atomic E-state index is 12.1. The summed E-state index contributed by atoms with van der Waals surface area (Å²) in [6.07, 6.45) is 4.25. The number of unbranched alkanes of at least 4 members (excludes halogenated alkanes) is 4. The van der Waals surface area contributed by atoms with Crippen LogP contribution in [0.15, 0.2) is 62.6 Å². The van der Waals surface area contributed by atoms with Gasteiger partial charge < -0.3 is 20.2 Å². The number of aromatic amines is 2. The fraction of sp³-hybridized carbons (Fsp3) is 0.280. The molecule has 2 amide bonds. The molecule has 0 unspecified atom stereocenters. The molecule has 2 aromatic heterocycles. The molecule has 4 rings (SSSR count). The van der Waals surface area contributed by atoms with Crippen LogP contribution < -0.4 is 0 Å². The van der Waals surface area contributed by atoms with Crippen molar-refractivity contribution in [2.75, 3.05) is 0 Å². The Balaban J connectivity index is 1.17. The van der Waals surface area contributed by atoms with Crippen LogP contribution in [0.3, 0.4) is 0 Å². The zero-order valence-corrected chi connectivity index (χ0v) is 26.6. The predicted octanol–water partition coefficient (Wildman–Crippen LogP) is 9.76. The Morgan fingerprint density at radius 2 is 1.03 bits per heavy atom. The summed E-state index contributed by atoms with van der Waals surface area (Å²) in [5, 5.41) is 37.0. The molecule has 0 aliphatic carbocycles. The minimum absolute atomic E-state index is 0.158. The minimum Gasteiger partial charge on any atom is -0.493 e. The Kier molecular flexibility index (Phi) is 10.1. The average Bonchev–Trinajstić information content (AvgIpc) is 3.36. The van der Waals surface area contributed by atoms with Crippen molar-refractivity contribution < 1.29 is 19.8 Å². The van der Waals surface area contributed by atoms with Crippen molar-refractivity contribution >= 4 is 109 Å². The van der Waals surface area contributed by atoms with Gasteiger partial charge in [-0.3, -0.25) is 9.59 Å². The lowest BCUT2D eigenvalue weighted by atomic mass is 10.1. The molecular formula is C25H22Br4N6O4. The Bertz CT molecular complexity index is 1490. The van der Waals surface area contributed by atoms with E-state index in [4.69, 9.17) is 0 Å². The molecule has 0 fully saturated rings. The molecule has 4 N–H and O–H groups in total. The van der Waals surface area contributed by atoms with E-state index in [9.17, 15) is 19.8 Å². The molecule has 0 saturated carbocycles. The first-order valence-corrected chi connectivity index (χ1v) is 15.1. The topological polar surface area (TPSA) is 156 Å². The normalized spacial score (nSPS) is 12.0. The minimum atomic E-state index is -0.368. The number of halogens is 4. The summed E-state index contributed by atoms with van der Waals surface area (Å²) < 4.78 is 3.08. The molecule has 2 heterocycles. The van der Waals surface area contributed by atoms with Gasteiger partial charge in [0.1, 0.15) is 0 Å². The van der Waals surface area contributed by atoms with E-state index < -0.39 is 0 Å². The standard InChI is InChI=1S/C25H22Br4N6O4/c26-12-8-14-20(16(28)10-12)30-24(38)22(14)34-32-18(36)6-4-2-1-3-5-7-19(37)33-35-23-15-9-13(27)11-17(29)21(15)31-25(23)39/h8-11,30-31,38-39H,1-7H2. The van der Waals surface area contributed by atoms with Crippen LogP contribution in [-0.4, -0.2) is 32.0 Å². The first kappa shape index (κ1) is 29.6. The highest BCUT2D eigenvalue weighted by Gasteiger charge is 2.15. The number of carbonyl (C=O) groups is 2. The maximum Gasteiger partial charge on any atom is 0.264 e. The molecule has 0 radical (unpaired) electrons. The number of aromatic hydroxyl groups is 2. The summed E-state index contributed by atoms with van der Waals surface area (Å²) in [6.45, 7) is 0. The van der Waals surface area contributed by atoms with Crippen LogP contribution in [0.4, 0.5) is 11.4 Å². The second-order valence-corrected chi connectivity index (χ2v) is 12.3. The lowest BCUT2D eigenvalue weighted by Crippen LogP contribution is -1.93. The van der Waals surface area contributed by atoms with Gasteiger partial charge in [-0.15, -0.1) is 20.5 Å². The smallest absolute Gasteiger partial charge is 0.264 e. The molecule has 0 aliphatic heterocycles. The van der Waals surface area contributed by atoms with Crippen molar-refractivity contribution in [2.45, 2.75) is 44.9 Å². The Morgan fingerprint density at radius 3 is 1.44 bits per heavy atom. The van der Waals surface area contributed by atoms with Gasteiger partial charge in [0.2, 0.25) is 11.8 Å². The van der Waals surface area contributed by atoms with E-state index in [1.807, 2.05) is 12.1 Å². The molecular weight excluding hydrogens is 768 g/mol. The fourth-order valence-corrected chi connectivity index (χ4v) is 6.63. The van der Waals surface area contributed by atoms with Crippen molar-refractivity contribution in [3.63, 3.8) is 0 Å². The van der Waals surface area contributed by atoms with Crippen LogP contribution >= 0.6 is 63.7 Å². The van der Waals surface area contributed by atoms with Crippen LogP contribution in [0.1, 0.15) is 44.9 Å². The number of rotatable bonds is 10. The third-order valence-electron chi connectivity index (χ3n) is 5.86. The number of hydrogen-bond donors (Lipinski definition) is 4. The first-order chi connectivity index (χ1) is 18.6. The fourth-order valence-electron chi connectivity index (χ4n) is 3.98. The van der Waals surface area contributed by atoms with Gasteiger partial charge in [-0.05, 0) is 69.0 Å². The lowest BCUT2D eigenvalue weighted by molar-refractivity contribution is -0.119. The van der Waals surface area contributed by atoms with Crippen molar-refractivity contribution in [1.29, 1.82) is 0 Å². The third kappa shape index (κ3) is 7.41. The Morgan fingerprint density at radius 1 is 0.641 bits per heavy atom. The number of aromatic nitrogens is 2. The highest BCUT2D eigenvalue weighted by atomic mass is 79.9. The number of benzene rings is 2. The van der Waals surface area contributed by atoms with Crippen LogP contribution in [0.5, 0.6) is 11.8 Å². The van der Waals surface area contributed by atoms with E-state index in [2.05, 4.69) is 94.1 Å². The molecule has 0 spiro atoms. The van der Waals surface area contributed by atoms with Crippen LogP contribution in [0.2, 0.25) is 0 Å². The van der Waals surface area contributed by atoms with E-state index in [0.29, 0.717) is 34.6 Å². The Labute approximate surface area is 256 Å². The monoisotopic (exact) mass is 786 g/mol. The van der Waals surface area contributed by atoms with Crippen LogP contribution in [-0.2, 0) is 9.59 Å². The number of hydrogen-bond acceptors (Lipinski definition) is 6. The number of azo groups is 2. The zero-order valence-electron chi connectivity index (χ0n) is 20.3. The van der Waals surface area contributed by atoms with Gasteiger partial charge >= 0.3 is 0 Å². The van der Waals surface area contributed by atoms with Gasteiger partial charge in [-0.2, -0.15) is 0 Å². The first-order valence-electron chi connectivity index (χ1n) is 11.9. The molecule has 0 saturated heterocycles. The van der Waals surface area contributed by atoms with Crippen LogP contribution in [0, 0.1) is 0 Å². The van der Waals surface area contributed by atoms with Gasteiger partial charge in [0.15, 0.2) is 11.4 Å². The predicted molar refractivity (Wildman–Crippen MR) is 162 cm³/mol. The number of carbonyl (C=O) groups excluding carboxylic acids is 2. The van der Waals surface area contributed by atoms with Gasteiger partial charge in [0, 0.05) is 41.5 Å². The van der Waals surface area contributed by atoms with Gasteiger partial charge in [0.05, 0.1) is 11.0 Å². The van der Waals surface area contributed by atoms with Crippen molar-refractivity contribution in [1.82, 2.24) is 9.97 Å². The van der Waals surface area contributed by atoms with E-state index in [0.717, 1.165) is 37.2 Å². The molecule has 0 aliphatic rings. The quantitative estimate of drug-likeness (QED) is 0.0933. The summed E-state index contributed by atoms with van der Waals surface area (Å²) in [7, 11) is 0. The third-order valence-corrected chi connectivity index (χ3v) is 8.03. The highest BCUT2D eigenvalue weighted by Crippen LogP contribution is 2.41.